The van der Waals surface area contributed by atoms with Gasteiger partial charge in [0.05, 0.1) is 6.10 Å². The Morgan fingerprint density at radius 1 is 1.27 bits per heavy atom. The number of ether oxygens (including phenoxy) is 2. The van der Waals surface area contributed by atoms with Gasteiger partial charge in [-0.1, -0.05) is 19.9 Å². The third-order valence-electron chi connectivity index (χ3n) is 4.10. The molecule has 0 amide bonds. The minimum atomic E-state index is -3.81. The molecule has 0 saturated heterocycles. The van der Waals surface area contributed by atoms with E-state index in [0.717, 1.165) is 0 Å². The lowest BCUT2D eigenvalue weighted by molar-refractivity contribution is 0.165. The first-order valence-electron chi connectivity index (χ1n) is 8.38. The maximum atomic E-state index is 12.4. The molecule has 0 radical (unpaired) electrons. The molecule has 0 saturated carbocycles. The zero-order chi connectivity index (χ0) is 18.9. The van der Waals surface area contributed by atoms with Gasteiger partial charge in [0.2, 0.25) is 0 Å². The van der Waals surface area contributed by atoms with Crippen molar-refractivity contribution in [3.05, 3.63) is 35.8 Å². The van der Waals surface area contributed by atoms with Crippen LogP contribution in [0.4, 0.5) is 0 Å². The lowest BCUT2D eigenvalue weighted by Gasteiger charge is -2.20. The number of imidazole rings is 1. The Morgan fingerprint density at radius 2 is 1.96 bits per heavy atom. The van der Waals surface area contributed by atoms with Gasteiger partial charge in [-0.3, -0.25) is 0 Å². The van der Waals surface area contributed by atoms with Crippen LogP contribution in [0.15, 0.2) is 29.4 Å². The van der Waals surface area contributed by atoms with E-state index >= 15 is 0 Å². The lowest BCUT2D eigenvalue weighted by atomic mass is 10.1. The summed E-state index contributed by atoms with van der Waals surface area (Å²) in [5.41, 5.74) is 0.542. The minimum absolute atomic E-state index is 0.0573. The second kappa shape index (κ2) is 7.26. The standard InChI is InChI=1S/C17H23N3O5S/c1-11(2)17-19-16(10-20(17)3)26(22,23)18-9-13(21)12-4-5-14-15(8-12)25-7-6-24-14/h4-5,8,10-11,13,18,21H,6-7,9H2,1-3H3/t13-/m0/s1. The highest BCUT2D eigenvalue weighted by molar-refractivity contribution is 7.89. The number of fused-ring (bicyclic) bond motifs is 1. The molecule has 2 N–H and O–H groups in total. The smallest absolute Gasteiger partial charge is 0.259 e. The Hall–Kier alpha value is -2.10. The summed E-state index contributed by atoms with van der Waals surface area (Å²) in [5, 5.41) is 10.3. The number of aliphatic hydroxyl groups excluding tert-OH is 1. The quantitative estimate of drug-likeness (QED) is 0.783. The van der Waals surface area contributed by atoms with Crippen molar-refractivity contribution >= 4 is 10.0 Å². The molecule has 0 fully saturated rings. The average Bonchev–Trinajstić information content (AvgIpc) is 3.02. The van der Waals surface area contributed by atoms with Crippen molar-refractivity contribution in [3.8, 4) is 11.5 Å². The molecule has 1 atom stereocenters. The van der Waals surface area contributed by atoms with Gasteiger partial charge >= 0.3 is 0 Å². The number of hydrogen-bond acceptors (Lipinski definition) is 6. The van der Waals surface area contributed by atoms with Gasteiger partial charge in [0.25, 0.3) is 10.0 Å². The Bertz CT molecular complexity index is 892. The predicted molar refractivity (Wildman–Crippen MR) is 94.9 cm³/mol. The van der Waals surface area contributed by atoms with Gasteiger partial charge in [0, 0.05) is 25.7 Å². The highest BCUT2D eigenvalue weighted by Gasteiger charge is 2.22. The molecule has 0 spiro atoms. The van der Waals surface area contributed by atoms with E-state index in [0.29, 0.717) is 36.1 Å². The summed E-state index contributed by atoms with van der Waals surface area (Å²) in [6.45, 7) is 4.64. The number of aryl methyl sites for hydroxylation is 1. The first-order chi connectivity index (χ1) is 12.3. The molecule has 1 aliphatic rings. The van der Waals surface area contributed by atoms with Crippen LogP contribution >= 0.6 is 0 Å². The number of aromatic nitrogens is 2. The SMILES string of the molecule is CC(C)c1nc(S(=O)(=O)NC[C@H](O)c2ccc3c(c2)OCCO3)cn1C. The number of nitrogens with one attached hydrogen (secondary N) is 1. The summed E-state index contributed by atoms with van der Waals surface area (Å²) in [4.78, 5) is 4.18. The Kier molecular flexibility index (Phi) is 5.22. The van der Waals surface area contributed by atoms with E-state index in [1.807, 2.05) is 13.8 Å². The van der Waals surface area contributed by atoms with Crippen LogP contribution in [0.1, 0.15) is 37.3 Å². The van der Waals surface area contributed by atoms with Crippen LogP contribution in [0.25, 0.3) is 0 Å². The van der Waals surface area contributed by atoms with Gasteiger partial charge in [0.15, 0.2) is 16.5 Å². The zero-order valence-electron chi connectivity index (χ0n) is 15.0. The van der Waals surface area contributed by atoms with Gasteiger partial charge in [-0.05, 0) is 17.7 Å². The Morgan fingerprint density at radius 3 is 2.62 bits per heavy atom. The number of hydrogen-bond donors (Lipinski definition) is 2. The van der Waals surface area contributed by atoms with E-state index < -0.39 is 16.1 Å². The van der Waals surface area contributed by atoms with Gasteiger partial charge in [-0.25, -0.2) is 18.1 Å². The van der Waals surface area contributed by atoms with Crippen LogP contribution in [0.2, 0.25) is 0 Å². The van der Waals surface area contributed by atoms with Crippen molar-refractivity contribution in [3.63, 3.8) is 0 Å². The van der Waals surface area contributed by atoms with E-state index in [-0.39, 0.29) is 17.5 Å². The monoisotopic (exact) mass is 381 g/mol. The number of benzene rings is 1. The van der Waals surface area contributed by atoms with Crippen molar-refractivity contribution < 1.29 is 23.0 Å². The molecule has 8 nitrogen and oxygen atoms in total. The first kappa shape index (κ1) is 18.7. The number of nitrogens with zero attached hydrogens (tertiary/aromatic N) is 2. The fourth-order valence-electron chi connectivity index (χ4n) is 2.77. The van der Waals surface area contributed by atoms with Gasteiger partial charge in [-0.15, -0.1) is 0 Å². The zero-order valence-corrected chi connectivity index (χ0v) is 15.8. The Labute approximate surface area is 152 Å². The lowest BCUT2D eigenvalue weighted by Crippen LogP contribution is -2.29. The van der Waals surface area contributed by atoms with Crippen LogP contribution in [0, 0.1) is 0 Å². The average molecular weight is 381 g/mol. The van der Waals surface area contributed by atoms with Gasteiger partial charge in [-0.2, -0.15) is 0 Å². The molecule has 9 heteroatoms. The third-order valence-corrected chi connectivity index (χ3v) is 5.39. The molecule has 1 aliphatic heterocycles. The third kappa shape index (κ3) is 3.84. The number of sulfonamides is 1. The van der Waals surface area contributed by atoms with Crippen molar-refractivity contribution in [2.24, 2.45) is 7.05 Å². The van der Waals surface area contributed by atoms with Gasteiger partial charge < -0.3 is 19.1 Å². The molecule has 3 rings (SSSR count). The summed E-state index contributed by atoms with van der Waals surface area (Å²) in [6.07, 6.45) is 0.447. The summed E-state index contributed by atoms with van der Waals surface area (Å²) >= 11 is 0. The summed E-state index contributed by atoms with van der Waals surface area (Å²) in [5.74, 6) is 1.94. The normalized spacial score (nSPS) is 15.3. The maximum Gasteiger partial charge on any atom is 0.259 e. The first-order valence-corrected chi connectivity index (χ1v) is 9.87. The molecule has 1 aromatic heterocycles. The maximum absolute atomic E-state index is 12.4. The molecule has 0 unspecified atom stereocenters. The minimum Gasteiger partial charge on any atom is -0.486 e. The molecule has 26 heavy (non-hydrogen) atoms. The molecular weight excluding hydrogens is 358 g/mol. The summed E-state index contributed by atoms with van der Waals surface area (Å²) in [7, 11) is -2.06. The van der Waals surface area contributed by atoms with E-state index in [4.69, 9.17) is 9.47 Å². The van der Waals surface area contributed by atoms with Crippen molar-refractivity contribution in [2.45, 2.75) is 30.9 Å². The highest BCUT2D eigenvalue weighted by atomic mass is 32.2. The fraction of sp³-hybridized carbons (Fsp3) is 0.471. The molecule has 2 heterocycles. The van der Waals surface area contributed by atoms with Crippen LogP contribution in [0.3, 0.4) is 0 Å². The predicted octanol–water partition coefficient (Wildman–Crippen LogP) is 1.33. The largest absolute Gasteiger partial charge is 0.486 e. The Balaban J connectivity index is 1.70. The molecule has 0 bridgehead atoms. The molecule has 142 valence electrons. The highest BCUT2D eigenvalue weighted by Crippen LogP contribution is 2.32. The molecular formula is C17H23N3O5S. The fourth-order valence-corrected chi connectivity index (χ4v) is 3.80. The van der Waals surface area contributed by atoms with Crippen LogP contribution in [0.5, 0.6) is 11.5 Å². The van der Waals surface area contributed by atoms with Crippen molar-refractivity contribution in [1.29, 1.82) is 0 Å². The van der Waals surface area contributed by atoms with Crippen LogP contribution in [-0.4, -0.2) is 42.8 Å². The van der Waals surface area contributed by atoms with E-state index in [9.17, 15) is 13.5 Å². The van der Waals surface area contributed by atoms with E-state index in [1.54, 1.807) is 29.8 Å². The second-order valence-electron chi connectivity index (χ2n) is 6.47. The van der Waals surface area contributed by atoms with Gasteiger partial charge in [0.1, 0.15) is 19.0 Å². The van der Waals surface area contributed by atoms with Crippen molar-refractivity contribution in [2.75, 3.05) is 19.8 Å². The van der Waals surface area contributed by atoms with Crippen molar-refractivity contribution in [1.82, 2.24) is 14.3 Å². The molecule has 2 aromatic rings. The summed E-state index contributed by atoms with van der Waals surface area (Å²) in [6, 6.07) is 5.05. The second-order valence-corrected chi connectivity index (χ2v) is 8.19. The van der Waals surface area contributed by atoms with Crippen LogP contribution in [-0.2, 0) is 17.1 Å². The van der Waals surface area contributed by atoms with Crippen LogP contribution < -0.4 is 14.2 Å². The topological polar surface area (TPSA) is 103 Å². The van der Waals surface area contributed by atoms with E-state index in [1.165, 1.54) is 6.20 Å². The van der Waals surface area contributed by atoms with E-state index in [2.05, 4.69) is 9.71 Å². The molecule has 1 aromatic carbocycles. The summed E-state index contributed by atoms with van der Waals surface area (Å²) < 4.78 is 39.9. The molecule has 0 aliphatic carbocycles. The number of aliphatic hydroxyl groups is 1. The number of rotatable bonds is 6.